The van der Waals surface area contributed by atoms with Gasteiger partial charge in [-0.1, -0.05) is 121 Å². The van der Waals surface area contributed by atoms with Gasteiger partial charge in [0.25, 0.3) is 0 Å². The molecular weight excluding hydrogens is 677 g/mol. The number of hydrogen-bond acceptors (Lipinski definition) is 5. The topological polar surface area (TPSA) is 69.9 Å². The molecule has 0 atom stereocenters. The maximum atomic E-state index is 6.93. The lowest BCUT2D eigenvalue weighted by molar-refractivity contribution is 0.669. The summed E-state index contributed by atoms with van der Waals surface area (Å²) in [7, 11) is 0. The highest BCUT2D eigenvalue weighted by molar-refractivity contribution is 6.21. The Bertz CT molecular complexity index is 3430. The van der Waals surface area contributed by atoms with E-state index in [1.807, 2.05) is 72.8 Å². The van der Waals surface area contributed by atoms with Gasteiger partial charge in [0.05, 0.1) is 11.0 Å². The average Bonchev–Trinajstić information content (AvgIpc) is 3.92. The molecule has 0 spiro atoms. The second kappa shape index (κ2) is 11.5. The van der Waals surface area contributed by atoms with Gasteiger partial charge in [-0.25, -0.2) is 15.0 Å². The largest absolute Gasteiger partial charge is 0.456 e. The highest BCUT2D eigenvalue weighted by Crippen LogP contribution is 2.43. The zero-order chi connectivity index (χ0) is 36.0. The third-order valence-electron chi connectivity index (χ3n) is 10.8. The molecule has 0 bridgehead atoms. The van der Waals surface area contributed by atoms with Crippen molar-refractivity contribution in [3.05, 3.63) is 170 Å². The lowest BCUT2D eigenvalue weighted by Gasteiger charge is -2.10. The van der Waals surface area contributed by atoms with Crippen molar-refractivity contribution in [2.24, 2.45) is 0 Å². The minimum Gasteiger partial charge on any atom is -0.456 e. The molecule has 0 radical (unpaired) electrons. The van der Waals surface area contributed by atoms with Crippen molar-refractivity contribution in [1.29, 1.82) is 0 Å². The lowest BCUT2D eigenvalue weighted by Crippen LogP contribution is -2.00. The van der Waals surface area contributed by atoms with Gasteiger partial charge in [-0.05, 0) is 41.8 Å². The molecule has 0 fully saturated rings. The van der Waals surface area contributed by atoms with Gasteiger partial charge in [-0.2, -0.15) is 0 Å². The molecule has 0 aliphatic carbocycles. The quantitative estimate of drug-likeness (QED) is 0.182. The van der Waals surface area contributed by atoms with Gasteiger partial charge in [0.15, 0.2) is 17.5 Å². The van der Waals surface area contributed by atoms with Crippen LogP contribution in [-0.4, -0.2) is 19.5 Å². The van der Waals surface area contributed by atoms with Crippen molar-refractivity contribution in [3.8, 4) is 39.9 Å². The normalized spacial score (nSPS) is 12.0. The van der Waals surface area contributed by atoms with Gasteiger partial charge in [0, 0.05) is 72.2 Å². The summed E-state index contributed by atoms with van der Waals surface area (Å²) in [4.78, 5) is 15.2. The SMILES string of the molecule is c1ccc(-c2nc(-c3ccccc3)nc(-c3cc4ccccc4c4oc5cc(-n6c7ccccc7c7cc8c(cc76)oc6ccccc68)ccc5c34)n2)cc1. The van der Waals surface area contributed by atoms with Crippen LogP contribution in [0.25, 0.3) is 116 Å². The number of benzene rings is 8. The van der Waals surface area contributed by atoms with E-state index in [9.17, 15) is 0 Å². The monoisotopic (exact) mass is 704 g/mol. The summed E-state index contributed by atoms with van der Waals surface area (Å²) in [5, 5.41) is 8.62. The molecule has 4 heterocycles. The van der Waals surface area contributed by atoms with Crippen LogP contribution in [0.1, 0.15) is 0 Å². The van der Waals surface area contributed by atoms with Crippen molar-refractivity contribution in [2.45, 2.75) is 0 Å². The minimum absolute atomic E-state index is 0.590. The smallest absolute Gasteiger partial charge is 0.164 e. The Kier molecular flexibility index (Phi) is 6.24. The first-order valence-electron chi connectivity index (χ1n) is 18.4. The Labute approximate surface area is 313 Å². The molecular formula is C49H28N4O2. The second-order valence-electron chi connectivity index (χ2n) is 14.0. The molecule has 0 N–H and O–H groups in total. The van der Waals surface area contributed by atoms with Gasteiger partial charge in [-0.3, -0.25) is 0 Å². The summed E-state index contributed by atoms with van der Waals surface area (Å²) in [5.74, 6) is 1.82. The van der Waals surface area contributed by atoms with E-state index in [4.69, 9.17) is 23.8 Å². The molecule has 256 valence electrons. The summed E-state index contributed by atoms with van der Waals surface area (Å²) >= 11 is 0. The standard InChI is InChI=1S/C49H28N4O2/c1-3-13-29(14-4-1)47-50-48(30-15-5-2-6-16-30)52-49(51-47)39-25-31-17-7-8-18-33(31)46-45(39)36-24-23-32(26-43(36)55-46)53-40-21-11-9-19-34(40)37-27-38-35-20-10-12-22-42(35)54-44(38)28-41(37)53/h1-28H. The molecule has 12 aromatic rings. The Morgan fingerprint density at radius 3 is 1.80 bits per heavy atom. The van der Waals surface area contributed by atoms with E-state index >= 15 is 0 Å². The first-order valence-corrected chi connectivity index (χ1v) is 18.4. The summed E-state index contributed by atoms with van der Waals surface area (Å²) < 4.78 is 15.6. The average molecular weight is 705 g/mol. The number of hydrogen-bond donors (Lipinski definition) is 0. The molecule has 0 unspecified atom stereocenters. The number of para-hydroxylation sites is 2. The van der Waals surface area contributed by atoms with Gasteiger partial charge in [0.1, 0.15) is 22.3 Å². The van der Waals surface area contributed by atoms with E-state index in [0.717, 1.165) is 88.1 Å². The zero-order valence-electron chi connectivity index (χ0n) is 29.3. The minimum atomic E-state index is 0.590. The summed E-state index contributed by atoms with van der Waals surface area (Å²) in [6.07, 6.45) is 0. The van der Waals surface area contributed by atoms with E-state index in [-0.39, 0.29) is 0 Å². The van der Waals surface area contributed by atoms with Crippen LogP contribution in [0.2, 0.25) is 0 Å². The first kappa shape index (κ1) is 29.9. The number of aromatic nitrogens is 4. The predicted molar refractivity (Wildman–Crippen MR) is 223 cm³/mol. The molecule has 0 amide bonds. The maximum absolute atomic E-state index is 6.93. The number of rotatable bonds is 4. The fourth-order valence-corrected chi connectivity index (χ4v) is 8.31. The fraction of sp³-hybridized carbons (Fsp3) is 0. The lowest BCUT2D eigenvalue weighted by atomic mass is 9.99. The summed E-state index contributed by atoms with van der Waals surface area (Å²) in [6.45, 7) is 0. The van der Waals surface area contributed by atoms with Crippen LogP contribution in [-0.2, 0) is 0 Å². The van der Waals surface area contributed by atoms with Crippen LogP contribution in [0.4, 0.5) is 0 Å². The molecule has 0 aliphatic heterocycles. The molecule has 55 heavy (non-hydrogen) atoms. The Morgan fingerprint density at radius 2 is 1.02 bits per heavy atom. The van der Waals surface area contributed by atoms with Crippen LogP contribution in [0, 0.1) is 0 Å². The molecule has 12 rings (SSSR count). The zero-order valence-corrected chi connectivity index (χ0v) is 29.3. The third kappa shape index (κ3) is 4.52. The van der Waals surface area contributed by atoms with Gasteiger partial charge >= 0.3 is 0 Å². The van der Waals surface area contributed by atoms with Crippen LogP contribution in [0.3, 0.4) is 0 Å². The van der Waals surface area contributed by atoms with Crippen molar-refractivity contribution in [1.82, 2.24) is 19.5 Å². The van der Waals surface area contributed by atoms with Gasteiger partial charge in [0.2, 0.25) is 0 Å². The molecule has 8 aromatic carbocycles. The van der Waals surface area contributed by atoms with Crippen LogP contribution < -0.4 is 0 Å². The molecule has 0 aliphatic rings. The Balaban J connectivity index is 1.12. The molecule has 6 heteroatoms. The molecule has 0 saturated heterocycles. The van der Waals surface area contributed by atoms with Crippen molar-refractivity contribution in [3.63, 3.8) is 0 Å². The highest BCUT2D eigenvalue weighted by Gasteiger charge is 2.22. The van der Waals surface area contributed by atoms with Crippen LogP contribution in [0.15, 0.2) is 179 Å². The van der Waals surface area contributed by atoms with Gasteiger partial charge in [-0.15, -0.1) is 0 Å². The van der Waals surface area contributed by atoms with Crippen LogP contribution in [0.5, 0.6) is 0 Å². The fourth-order valence-electron chi connectivity index (χ4n) is 8.31. The number of furan rings is 2. The summed E-state index contributed by atoms with van der Waals surface area (Å²) in [5.41, 5.74) is 9.25. The van der Waals surface area contributed by atoms with E-state index in [0.29, 0.717) is 17.5 Å². The van der Waals surface area contributed by atoms with E-state index < -0.39 is 0 Å². The predicted octanol–water partition coefficient (Wildman–Crippen LogP) is 12.9. The molecule has 0 saturated carbocycles. The van der Waals surface area contributed by atoms with Crippen molar-refractivity contribution >= 4 is 76.5 Å². The second-order valence-corrected chi connectivity index (χ2v) is 14.0. The molecule has 4 aromatic heterocycles. The molecule has 6 nitrogen and oxygen atoms in total. The first-order chi connectivity index (χ1) is 27.2. The Hall–Kier alpha value is -7.57. The highest BCUT2D eigenvalue weighted by atomic mass is 16.3. The maximum Gasteiger partial charge on any atom is 0.164 e. The van der Waals surface area contributed by atoms with Gasteiger partial charge < -0.3 is 13.4 Å². The van der Waals surface area contributed by atoms with Crippen LogP contribution >= 0.6 is 0 Å². The van der Waals surface area contributed by atoms with Crippen molar-refractivity contribution < 1.29 is 8.83 Å². The number of fused-ring (bicyclic) bond motifs is 11. The van der Waals surface area contributed by atoms with E-state index in [1.165, 1.54) is 10.8 Å². The van der Waals surface area contributed by atoms with E-state index in [2.05, 4.69) is 102 Å². The number of nitrogens with zero attached hydrogens (tertiary/aromatic N) is 4. The third-order valence-corrected chi connectivity index (χ3v) is 10.8. The van der Waals surface area contributed by atoms with Crippen molar-refractivity contribution in [2.75, 3.05) is 0 Å². The van der Waals surface area contributed by atoms with E-state index in [1.54, 1.807) is 0 Å². The summed E-state index contributed by atoms with van der Waals surface area (Å²) in [6, 6.07) is 58.5. The Morgan fingerprint density at radius 1 is 0.382 bits per heavy atom.